The fourth-order valence-electron chi connectivity index (χ4n) is 1.60. The lowest BCUT2D eigenvalue weighted by atomic mass is 10.2. The zero-order valence-electron chi connectivity index (χ0n) is 8.50. The first-order chi connectivity index (χ1) is 7.09. The molecule has 0 radical (unpaired) electrons. The van der Waals surface area contributed by atoms with Crippen LogP contribution in [0, 0.1) is 0 Å². The Morgan fingerprint density at radius 3 is 2.87 bits per heavy atom. The number of nitrogens with one attached hydrogen (secondary N) is 2. The number of nitrogens with zero attached hydrogens (tertiary/aromatic N) is 1. The number of hydrogen-bond acceptors (Lipinski definition) is 2. The Hall–Kier alpha value is -2.04. The quantitative estimate of drug-likeness (QED) is 0.724. The van der Waals surface area contributed by atoms with Crippen LogP contribution in [0.4, 0.5) is 5.69 Å². The van der Waals surface area contributed by atoms with Crippen molar-refractivity contribution in [2.75, 3.05) is 5.32 Å². The molecule has 0 atom stereocenters. The Kier molecular flexibility index (Phi) is 2.07. The molecule has 0 saturated carbocycles. The molecule has 0 saturated heterocycles. The highest BCUT2D eigenvalue weighted by molar-refractivity contribution is 5.98. The number of hydrogen-bond donors (Lipinski definition) is 2. The molecule has 0 aliphatic carbocycles. The summed E-state index contributed by atoms with van der Waals surface area (Å²) < 4.78 is 1.47. The SMILES string of the molecule is CC(=O)Nc1cccc2[nH]c(=O)n(C)c12. The number of imidazole rings is 1. The van der Waals surface area contributed by atoms with E-state index >= 15 is 0 Å². The number of anilines is 1. The summed E-state index contributed by atoms with van der Waals surface area (Å²) in [4.78, 5) is 25.0. The molecule has 0 aliphatic heterocycles. The molecule has 0 bridgehead atoms. The maximum Gasteiger partial charge on any atom is 0.326 e. The van der Waals surface area contributed by atoms with Crippen LogP contribution >= 0.6 is 0 Å². The van der Waals surface area contributed by atoms with Gasteiger partial charge in [-0.2, -0.15) is 0 Å². The van der Waals surface area contributed by atoms with E-state index < -0.39 is 0 Å². The van der Waals surface area contributed by atoms with Crippen molar-refractivity contribution < 1.29 is 4.79 Å². The zero-order valence-corrected chi connectivity index (χ0v) is 8.50. The summed E-state index contributed by atoms with van der Waals surface area (Å²) in [5, 5.41) is 2.68. The normalized spacial score (nSPS) is 10.5. The van der Waals surface area contributed by atoms with E-state index in [0.29, 0.717) is 16.7 Å². The molecule has 0 fully saturated rings. The van der Waals surface area contributed by atoms with Crippen LogP contribution in [0.1, 0.15) is 6.92 Å². The van der Waals surface area contributed by atoms with Crippen molar-refractivity contribution >= 4 is 22.6 Å². The Morgan fingerprint density at radius 2 is 2.20 bits per heavy atom. The number of carbonyl (C=O) groups is 1. The van der Waals surface area contributed by atoms with E-state index in [4.69, 9.17) is 0 Å². The number of benzene rings is 1. The van der Waals surface area contributed by atoms with Crippen LogP contribution in [-0.4, -0.2) is 15.5 Å². The van der Waals surface area contributed by atoms with Crippen molar-refractivity contribution in [3.05, 3.63) is 28.7 Å². The Morgan fingerprint density at radius 1 is 1.47 bits per heavy atom. The number of aromatic nitrogens is 2. The van der Waals surface area contributed by atoms with Gasteiger partial charge in [0, 0.05) is 14.0 Å². The van der Waals surface area contributed by atoms with Gasteiger partial charge in [-0.1, -0.05) is 6.07 Å². The smallest absolute Gasteiger partial charge is 0.324 e. The van der Waals surface area contributed by atoms with Gasteiger partial charge in [-0.3, -0.25) is 9.36 Å². The van der Waals surface area contributed by atoms with Crippen LogP contribution in [0.5, 0.6) is 0 Å². The number of carbonyl (C=O) groups excluding carboxylic acids is 1. The van der Waals surface area contributed by atoms with Crippen LogP contribution in [0.15, 0.2) is 23.0 Å². The first kappa shape index (κ1) is 9.51. The molecule has 0 aliphatic rings. The zero-order chi connectivity index (χ0) is 11.0. The third kappa shape index (κ3) is 1.52. The highest BCUT2D eigenvalue weighted by atomic mass is 16.2. The standard InChI is InChI=1S/C10H11N3O2/c1-6(14)11-7-4-3-5-8-9(7)13(2)10(15)12-8/h3-5H,1-2H3,(H,11,14)(H,12,15). The molecule has 2 N–H and O–H groups in total. The van der Waals surface area contributed by atoms with Gasteiger partial charge in [-0.15, -0.1) is 0 Å². The lowest BCUT2D eigenvalue weighted by Gasteiger charge is -2.04. The molecule has 1 amide bonds. The molecule has 78 valence electrons. The average Bonchev–Trinajstić information content (AvgIpc) is 2.43. The molecule has 5 heteroatoms. The molecule has 15 heavy (non-hydrogen) atoms. The number of para-hydroxylation sites is 1. The molecule has 1 aromatic carbocycles. The van der Waals surface area contributed by atoms with Crippen LogP contribution in [0.25, 0.3) is 11.0 Å². The van der Waals surface area contributed by atoms with E-state index in [-0.39, 0.29) is 11.6 Å². The van der Waals surface area contributed by atoms with E-state index in [1.807, 2.05) is 0 Å². The number of rotatable bonds is 1. The lowest BCUT2D eigenvalue weighted by Crippen LogP contribution is -2.13. The van der Waals surface area contributed by atoms with E-state index in [1.165, 1.54) is 11.5 Å². The van der Waals surface area contributed by atoms with Crippen molar-refractivity contribution in [1.82, 2.24) is 9.55 Å². The minimum Gasteiger partial charge on any atom is -0.324 e. The molecule has 2 aromatic rings. The monoisotopic (exact) mass is 205 g/mol. The lowest BCUT2D eigenvalue weighted by molar-refractivity contribution is -0.114. The van der Waals surface area contributed by atoms with Crippen LogP contribution in [0.3, 0.4) is 0 Å². The number of aryl methyl sites for hydroxylation is 1. The summed E-state index contributed by atoms with van der Waals surface area (Å²) in [7, 11) is 1.66. The number of fused-ring (bicyclic) bond motifs is 1. The summed E-state index contributed by atoms with van der Waals surface area (Å²) in [5.41, 5.74) is 1.87. The molecule has 1 heterocycles. The fraction of sp³-hybridized carbons (Fsp3) is 0.200. The summed E-state index contributed by atoms with van der Waals surface area (Å²) >= 11 is 0. The highest BCUT2D eigenvalue weighted by Crippen LogP contribution is 2.19. The van der Waals surface area contributed by atoms with Crippen LogP contribution in [-0.2, 0) is 11.8 Å². The van der Waals surface area contributed by atoms with E-state index in [9.17, 15) is 9.59 Å². The van der Waals surface area contributed by atoms with Gasteiger partial charge in [-0.05, 0) is 12.1 Å². The van der Waals surface area contributed by atoms with Crippen molar-refractivity contribution in [1.29, 1.82) is 0 Å². The summed E-state index contributed by atoms with van der Waals surface area (Å²) in [6.07, 6.45) is 0. The van der Waals surface area contributed by atoms with Crippen LogP contribution < -0.4 is 11.0 Å². The van der Waals surface area contributed by atoms with Gasteiger partial charge < -0.3 is 10.3 Å². The van der Waals surface area contributed by atoms with Crippen molar-refractivity contribution in [2.24, 2.45) is 7.05 Å². The van der Waals surface area contributed by atoms with E-state index in [1.54, 1.807) is 25.2 Å². The summed E-state index contributed by atoms with van der Waals surface area (Å²) in [6.45, 7) is 1.43. The fourth-order valence-corrected chi connectivity index (χ4v) is 1.60. The van der Waals surface area contributed by atoms with Gasteiger partial charge in [-0.25, -0.2) is 4.79 Å². The van der Waals surface area contributed by atoms with Crippen molar-refractivity contribution in [3.63, 3.8) is 0 Å². The largest absolute Gasteiger partial charge is 0.326 e. The van der Waals surface area contributed by atoms with Gasteiger partial charge in [0.2, 0.25) is 5.91 Å². The van der Waals surface area contributed by atoms with Gasteiger partial charge in [0.25, 0.3) is 0 Å². The van der Waals surface area contributed by atoms with Crippen molar-refractivity contribution in [2.45, 2.75) is 6.92 Å². The van der Waals surface area contributed by atoms with Gasteiger partial charge in [0.1, 0.15) is 0 Å². The first-order valence-corrected chi connectivity index (χ1v) is 4.55. The topological polar surface area (TPSA) is 66.9 Å². The molecule has 0 unspecified atom stereocenters. The third-order valence-electron chi connectivity index (χ3n) is 2.23. The number of amides is 1. The van der Waals surface area contributed by atoms with Gasteiger partial charge in [0.05, 0.1) is 16.7 Å². The predicted octanol–water partition coefficient (Wildman–Crippen LogP) is 0.825. The molecule has 0 spiro atoms. The molecular weight excluding hydrogens is 194 g/mol. The minimum absolute atomic E-state index is 0.156. The first-order valence-electron chi connectivity index (χ1n) is 4.55. The Balaban J connectivity index is 2.74. The second-order valence-electron chi connectivity index (χ2n) is 3.37. The van der Waals surface area contributed by atoms with Crippen LogP contribution in [0.2, 0.25) is 0 Å². The summed E-state index contributed by atoms with van der Waals surface area (Å²) in [6, 6.07) is 5.34. The average molecular weight is 205 g/mol. The molecule has 2 rings (SSSR count). The predicted molar refractivity (Wildman–Crippen MR) is 57.8 cm³/mol. The Labute approximate surface area is 85.7 Å². The third-order valence-corrected chi connectivity index (χ3v) is 2.23. The maximum absolute atomic E-state index is 11.4. The highest BCUT2D eigenvalue weighted by Gasteiger charge is 2.08. The van der Waals surface area contributed by atoms with E-state index in [2.05, 4.69) is 10.3 Å². The Bertz CT molecular complexity index is 580. The maximum atomic E-state index is 11.4. The number of H-pyrrole nitrogens is 1. The second-order valence-corrected chi connectivity index (χ2v) is 3.37. The van der Waals surface area contributed by atoms with Gasteiger partial charge >= 0.3 is 5.69 Å². The molecular formula is C10H11N3O2. The molecule has 1 aromatic heterocycles. The number of aromatic amines is 1. The second kappa shape index (κ2) is 3.27. The molecule has 5 nitrogen and oxygen atoms in total. The van der Waals surface area contributed by atoms with Gasteiger partial charge in [0.15, 0.2) is 0 Å². The minimum atomic E-state index is -0.192. The summed E-state index contributed by atoms with van der Waals surface area (Å²) in [5.74, 6) is -0.156. The van der Waals surface area contributed by atoms with E-state index in [0.717, 1.165) is 0 Å². The van der Waals surface area contributed by atoms with Crippen molar-refractivity contribution in [3.8, 4) is 0 Å².